The fourth-order valence-electron chi connectivity index (χ4n) is 3.74. The third-order valence-electron chi connectivity index (χ3n) is 5.79. The van der Waals surface area contributed by atoms with Crippen molar-refractivity contribution in [1.82, 2.24) is 35.1 Å². The summed E-state index contributed by atoms with van der Waals surface area (Å²) >= 11 is 0. The first-order valence-electron chi connectivity index (χ1n) is 12.1. The van der Waals surface area contributed by atoms with E-state index in [9.17, 15) is 4.79 Å². The van der Waals surface area contributed by atoms with Crippen molar-refractivity contribution < 1.29 is 4.79 Å². The molecule has 0 radical (unpaired) electrons. The first kappa shape index (κ1) is 30.6. The van der Waals surface area contributed by atoms with Gasteiger partial charge >= 0.3 is 6.03 Å². The monoisotopic (exact) mass is 496 g/mol. The Balaban J connectivity index is 2.50. The summed E-state index contributed by atoms with van der Waals surface area (Å²) in [6.45, 7) is 8.56. The van der Waals surface area contributed by atoms with E-state index < -0.39 is 0 Å². The molecular formula is C23H36N12O. The first-order chi connectivity index (χ1) is 17.6. The molecule has 0 aliphatic carbocycles. The van der Waals surface area contributed by atoms with Gasteiger partial charge in [0.1, 0.15) is 0 Å². The van der Waals surface area contributed by atoms with Gasteiger partial charge in [0.05, 0.1) is 63.1 Å². The van der Waals surface area contributed by atoms with Crippen LogP contribution in [0.15, 0.2) is 0 Å². The molecule has 0 unspecified atom stereocenters. The van der Waals surface area contributed by atoms with E-state index in [1.807, 2.05) is 21.9 Å². The molecule has 194 valence electrons. The summed E-state index contributed by atoms with van der Waals surface area (Å²) in [6, 6.07) is 10.3. The number of amides is 2. The Kier molecular flexibility index (Phi) is 16.8. The molecule has 1 saturated heterocycles. The number of carbonyl (C=O) groups excluding carboxylic acids is 1. The van der Waals surface area contributed by atoms with E-state index in [1.54, 1.807) is 9.80 Å². The molecule has 0 aromatic carbocycles. The maximum absolute atomic E-state index is 12.9. The molecule has 0 spiro atoms. The molecule has 0 saturated carbocycles. The molecule has 1 aliphatic rings. The van der Waals surface area contributed by atoms with Gasteiger partial charge in [0.25, 0.3) is 0 Å². The van der Waals surface area contributed by atoms with Gasteiger partial charge in [-0.3, -0.25) is 14.7 Å². The molecule has 1 aliphatic heterocycles. The van der Waals surface area contributed by atoms with Gasteiger partial charge in [-0.2, -0.15) is 26.3 Å². The van der Waals surface area contributed by atoms with Crippen LogP contribution >= 0.6 is 0 Å². The van der Waals surface area contributed by atoms with Crippen LogP contribution < -0.4 is 10.6 Å². The fourth-order valence-corrected chi connectivity index (χ4v) is 3.74. The van der Waals surface area contributed by atoms with Crippen LogP contribution in [0, 0.1) is 56.7 Å². The van der Waals surface area contributed by atoms with Crippen LogP contribution in [0.25, 0.3) is 0 Å². The molecular weight excluding hydrogens is 460 g/mol. The number of nitrogens with zero attached hydrogens (tertiary/aromatic N) is 10. The van der Waals surface area contributed by atoms with Crippen molar-refractivity contribution in [1.29, 1.82) is 26.3 Å². The van der Waals surface area contributed by atoms with Crippen LogP contribution in [0.2, 0.25) is 0 Å². The second-order valence-electron chi connectivity index (χ2n) is 8.23. The van der Waals surface area contributed by atoms with Crippen molar-refractivity contribution in [2.45, 2.75) is 0 Å². The number of hydrogen-bond acceptors (Lipinski definition) is 11. The highest BCUT2D eigenvalue weighted by Crippen LogP contribution is 2.09. The van der Waals surface area contributed by atoms with Gasteiger partial charge in [-0.15, -0.1) is 0 Å². The molecule has 2 amide bonds. The van der Waals surface area contributed by atoms with E-state index in [1.165, 1.54) is 0 Å². The number of urea groups is 1. The minimum atomic E-state index is -0.0207. The molecule has 1 rings (SSSR count). The molecule has 0 aromatic heterocycles. The summed E-state index contributed by atoms with van der Waals surface area (Å²) in [7, 11) is 0. The van der Waals surface area contributed by atoms with Crippen LogP contribution in [-0.4, -0.2) is 142 Å². The Bertz CT molecular complexity index is 808. The smallest absolute Gasteiger partial charge is 0.320 e. The maximum atomic E-state index is 12.9. The van der Waals surface area contributed by atoms with Crippen molar-refractivity contribution in [3.63, 3.8) is 0 Å². The van der Waals surface area contributed by atoms with Crippen molar-refractivity contribution in [2.24, 2.45) is 0 Å². The highest BCUT2D eigenvalue weighted by atomic mass is 16.2. The number of nitrogens with one attached hydrogen (secondary N) is 2. The summed E-state index contributed by atoms with van der Waals surface area (Å²) in [4.78, 5) is 22.4. The Morgan fingerprint density at radius 3 is 1.53 bits per heavy atom. The average molecular weight is 497 g/mol. The van der Waals surface area contributed by atoms with Crippen LogP contribution in [0.3, 0.4) is 0 Å². The van der Waals surface area contributed by atoms with Crippen molar-refractivity contribution >= 4 is 6.03 Å². The minimum absolute atomic E-state index is 0.0207. The average Bonchev–Trinajstić information content (AvgIpc) is 3.23. The molecule has 0 aromatic rings. The molecule has 2 N–H and O–H groups in total. The van der Waals surface area contributed by atoms with E-state index in [0.717, 1.165) is 13.1 Å². The molecule has 0 atom stereocenters. The number of hydrogen-bond donors (Lipinski definition) is 2. The second-order valence-corrected chi connectivity index (χ2v) is 8.23. The topological polar surface area (TPSA) is 176 Å². The summed E-state index contributed by atoms with van der Waals surface area (Å²) in [5.74, 6) is 0. The first-order valence-corrected chi connectivity index (χ1v) is 12.1. The van der Waals surface area contributed by atoms with Crippen LogP contribution in [0.5, 0.6) is 0 Å². The zero-order chi connectivity index (χ0) is 26.4. The molecule has 36 heavy (non-hydrogen) atoms. The lowest BCUT2D eigenvalue weighted by Crippen LogP contribution is -2.44. The van der Waals surface area contributed by atoms with E-state index in [2.05, 4.69) is 33.7 Å². The van der Waals surface area contributed by atoms with Gasteiger partial charge in [-0.25, -0.2) is 4.79 Å². The third kappa shape index (κ3) is 12.8. The summed E-state index contributed by atoms with van der Waals surface area (Å²) in [6.07, 6.45) is 0. The van der Waals surface area contributed by atoms with Gasteiger partial charge in [-0.05, 0) is 0 Å². The molecule has 13 nitrogen and oxygen atoms in total. The van der Waals surface area contributed by atoms with Crippen LogP contribution in [0.1, 0.15) is 0 Å². The van der Waals surface area contributed by atoms with Gasteiger partial charge < -0.3 is 20.4 Å². The second kappa shape index (κ2) is 19.8. The van der Waals surface area contributed by atoms with Gasteiger partial charge in [0, 0.05) is 78.5 Å². The quantitative estimate of drug-likeness (QED) is 0.147. The van der Waals surface area contributed by atoms with Crippen molar-refractivity contribution in [3.05, 3.63) is 0 Å². The molecule has 0 bridgehead atoms. The zero-order valence-corrected chi connectivity index (χ0v) is 20.9. The Labute approximate surface area is 214 Å². The fraction of sp³-hybridized carbons (Fsp3) is 0.739. The largest absolute Gasteiger partial charge is 0.322 e. The highest BCUT2D eigenvalue weighted by Gasteiger charge is 2.28. The summed E-state index contributed by atoms with van der Waals surface area (Å²) < 4.78 is 0. The lowest BCUT2D eigenvalue weighted by Gasteiger charge is -2.27. The SMILES string of the molecule is N#CCNCCN(CCNCC#N)CCN1CCN(CCN(CC#N)CCN(CC#N)CC#N)C1=O. The minimum Gasteiger partial charge on any atom is -0.322 e. The molecule has 13 heteroatoms. The lowest BCUT2D eigenvalue weighted by atomic mass is 10.4. The van der Waals surface area contributed by atoms with Gasteiger partial charge in [0.2, 0.25) is 0 Å². The van der Waals surface area contributed by atoms with E-state index in [0.29, 0.717) is 65.4 Å². The number of rotatable bonds is 20. The van der Waals surface area contributed by atoms with Crippen LogP contribution in [-0.2, 0) is 0 Å². The third-order valence-corrected chi connectivity index (χ3v) is 5.79. The van der Waals surface area contributed by atoms with Crippen LogP contribution in [0.4, 0.5) is 4.79 Å². The van der Waals surface area contributed by atoms with Gasteiger partial charge in [-0.1, -0.05) is 0 Å². The number of nitriles is 5. The Morgan fingerprint density at radius 1 is 0.611 bits per heavy atom. The lowest BCUT2D eigenvalue weighted by molar-refractivity contribution is 0.174. The molecule has 1 heterocycles. The Hall–Kier alpha value is -3.48. The highest BCUT2D eigenvalue weighted by molar-refractivity contribution is 5.76. The maximum Gasteiger partial charge on any atom is 0.320 e. The van der Waals surface area contributed by atoms with E-state index in [4.69, 9.17) is 26.3 Å². The van der Waals surface area contributed by atoms with E-state index in [-0.39, 0.29) is 38.8 Å². The van der Waals surface area contributed by atoms with Crippen molar-refractivity contribution in [2.75, 3.05) is 111 Å². The summed E-state index contributed by atoms with van der Waals surface area (Å²) in [5, 5.41) is 50.4. The van der Waals surface area contributed by atoms with E-state index >= 15 is 0 Å². The predicted molar refractivity (Wildman–Crippen MR) is 132 cm³/mol. The van der Waals surface area contributed by atoms with Gasteiger partial charge in [0.15, 0.2) is 0 Å². The van der Waals surface area contributed by atoms with Crippen molar-refractivity contribution in [3.8, 4) is 30.3 Å². The summed E-state index contributed by atoms with van der Waals surface area (Å²) in [5.41, 5.74) is 0. The standard InChI is InChI=1S/C23H36N12O/c24-1-6-29-8-13-33(14-9-30-7-2-25)18-20-35-22-21-34(23(35)36)19-17-32(12-5-28)16-15-31(10-3-26)11-4-27/h29-30H,6-22H2. The molecule has 1 fully saturated rings. The zero-order valence-electron chi connectivity index (χ0n) is 20.9. The normalized spacial score (nSPS) is 13.0. The predicted octanol–water partition coefficient (Wildman–Crippen LogP) is -1.57. The Morgan fingerprint density at radius 2 is 1.06 bits per heavy atom. The number of carbonyl (C=O) groups is 1.